The van der Waals surface area contributed by atoms with E-state index in [2.05, 4.69) is 20.1 Å². The van der Waals surface area contributed by atoms with Crippen LogP contribution in [-0.4, -0.2) is 60.2 Å². The summed E-state index contributed by atoms with van der Waals surface area (Å²) in [6.45, 7) is 5.72. The first kappa shape index (κ1) is 21.2. The van der Waals surface area contributed by atoms with E-state index in [1.165, 1.54) is 11.3 Å². The van der Waals surface area contributed by atoms with Crippen LogP contribution in [0.4, 0.5) is 35.4 Å². The molecule has 0 spiro atoms. The number of nitrogens with one attached hydrogen (secondary N) is 1. The highest BCUT2D eigenvalue weighted by Crippen LogP contribution is 2.23. The van der Waals surface area contributed by atoms with Crippen molar-refractivity contribution in [1.29, 1.82) is 0 Å². The van der Waals surface area contributed by atoms with Gasteiger partial charge in [-0.15, -0.1) is 0 Å². The lowest BCUT2D eigenvalue weighted by Gasteiger charge is -2.36. The van der Waals surface area contributed by atoms with Crippen LogP contribution < -0.4 is 15.1 Å². The van der Waals surface area contributed by atoms with Crippen LogP contribution in [0.25, 0.3) is 0 Å². The second-order valence-electron chi connectivity index (χ2n) is 7.84. The van der Waals surface area contributed by atoms with Crippen LogP contribution in [0.2, 0.25) is 0 Å². The lowest BCUT2D eigenvalue weighted by atomic mass is 10.1. The number of halogens is 3. The van der Waals surface area contributed by atoms with Gasteiger partial charge in [-0.1, -0.05) is 0 Å². The Balaban J connectivity index is 1.39. The van der Waals surface area contributed by atoms with E-state index in [1.54, 1.807) is 0 Å². The van der Waals surface area contributed by atoms with Crippen LogP contribution in [0.3, 0.4) is 0 Å². The van der Waals surface area contributed by atoms with Crippen LogP contribution in [0, 0.1) is 24.4 Å². The molecule has 10 heteroatoms. The maximum Gasteiger partial charge on any atom is 0.322 e. The summed E-state index contributed by atoms with van der Waals surface area (Å²) in [6.07, 6.45) is 3.51. The van der Waals surface area contributed by atoms with Gasteiger partial charge in [0.15, 0.2) is 17.5 Å². The Hall–Kier alpha value is -3.04. The molecule has 0 unspecified atom stereocenters. The standard InChI is InChI=1S/C21H25F3N6O/c1-14-13-17(27-20(25-14)29-7-3-2-4-8-29)28-9-11-30(12-10-28)21(31)26-16-6-5-15(22)18(23)19(16)24/h5-6,13H,2-4,7-12H2,1H3,(H,26,31). The molecule has 2 saturated heterocycles. The molecular formula is C21H25F3N6O. The van der Waals surface area contributed by atoms with Gasteiger partial charge in [-0.05, 0) is 38.3 Å². The Bertz CT molecular complexity index is 958. The van der Waals surface area contributed by atoms with Gasteiger partial charge in [-0.25, -0.2) is 22.9 Å². The first-order chi connectivity index (χ1) is 14.9. The average Bonchev–Trinajstić information content (AvgIpc) is 2.79. The lowest BCUT2D eigenvalue weighted by Crippen LogP contribution is -2.50. The normalized spacial score (nSPS) is 17.1. The topological polar surface area (TPSA) is 64.6 Å². The van der Waals surface area contributed by atoms with Crippen molar-refractivity contribution in [2.45, 2.75) is 26.2 Å². The summed E-state index contributed by atoms with van der Waals surface area (Å²) in [4.78, 5) is 27.6. The summed E-state index contributed by atoms with van der Waals surface area (Å²) in [5.74, 6) is -2.75. The number of piperazine rings is 1. The number of anilines is 3. The molecule has 4 rings (SSSR count). The van der Waals surface area contributed by atoms with Crippen molar-refractivity contribution >= 4 is 23.5 Å². The smallest absolute Gasteiger partial charge is 0.322 e. The predicted octanol–water partition coefficient (Wildman–Crippen LogP) is 3.55. The highest BCUT2D eigenvalue weighted by Gasteiger charge is 2.25. The number of carbonyl (C=O) groups is 1. The number of urea groups is 1. The lowest BCUT2D eigenvalue weighted by molar-refractivity contribution is 0.208. The molecule has 2 amide bonds. The molecule has 31 heavy (non-hydrogen) atoms. The molecular weight excluding hydrogens is 409 g/mol. The molecule has 166 valence electrons. The van der Waals surface area contributed by atoms with Crippen molar-refractivity contribution in [3.05, 3.63) is 41.3 Å². The Morgan fingerprint density at radius 3 is 2.32 bits per heavy atom. The van der Waals surface area contributed by atoms with Crippen molar-refractivity contribution in [1.82, 2.24) is 14.9 Å². The number of aromatic nitrogens is 2. The van der Waals surface area contributed by atoms with E-state index >= 15 is 0 Å². The molecule has 0 saturated carbocycles. The Labute approximate surface area is 178 Å². The fourth-order valence-electron chi connectivity index (χ4n) is 3.89. The molecule has 3 heterocycles. The molecule has 0 atom stereocenters. The van der Waals surface area contributed by atoms with Gasteiger partial charge in [-0.3, -0.25) is 0 Å². The Morgan fingerprint density at radius 1 is 0.903 bits per heavy atom. The SMILES string of the molecule is Cc1cc(N2CCN(C(=O)Nc3ccc(F)c(F)c3F)CC2)nc(N2CCCCC2)n1. The number of amides is 2. The monoisotopic (exact) mass is 434 g/mol. The molecule has 1 N–H and O–H groups in total. The number of aryl methyl sites for hydroxylation is 1. The molecule has 2 aromatic rings. The predicted molar refractivity (Wildman–Crippen MR) is 112 cm³/mol. The number of benzene rings is 1. The molecule has 1 aromatic heterocycles. The molecule has 0 bridgehead atoms. The Morgan fingerprint density at radius 2 is 1.61 bits per heavy atom. The van der Waals surface area contributed by atoms with E-state index in [-0.39, 0.29) is 5.69 Å². The number of hydrogen-bond donors (Lipinski definition) is 1. The van der Waals surface area contributed by atoms with E-state index < -0.39 is 23.5 Å². The van der Waals surface area contributed by atoms with Crippen molar-refractivity contribution in [3.8, 4) is 0 Å². The summed E-state index contributed by atoms with van der Waals surface area (Å²) >= 11 is 0. The minimum atomic E-state index is -1.61. The van der Waals surface area contributed by atoms with Gasteiger partial charge in [-0.2, -0.15) is 4.98 Å². The van der Waals surface area contributed by atoms with Gasteiger partial charge in [0, 0.05) is 51.0 Å². The van der Waals surface area contributed by atoms with Crippen LogP contribution >= 0.6 is 0 Å². The van der Waals surface area contributed by atoms with E-state index in [9.17, 15) is 18.0 Å². The van der Waals surface area contributed by atoms with Gasteiger partial charge in [0.1, 0.15) is 5.82 Å². The zero-order chi connectivity index (χ0) is 22.0. The first-order valence-electron chi connectivity index (χ1n) is 10.5. The van der Waals surface area contributed by atoms with Gasteiger partial charge in [0.2, 0.25) is 5.95 Å². The second-order valence-corrected chi connectivity index (χ2v) is 7.84. The minimum absolute atomic E-state index is 0.385. The molecule has 7 nitrogen and oxygen atoms in total. The van der Waals surface area contributed by atoms with E-state index in [4.69, 9.17) is 4.98 Å². The minimum Gasteiger partial charge on any atom is -0.353 e. The van der Waals surface area contributed by atoms with Gasteiger partial charge in [0.25, 0.3) is 0 Å². The van der Waals surface area contributed by atoms with Crippen LogP contribution in [0.5, 0.6) is 0 Å². The van der Waals surface area contributed by atoms with Crippen molar-refractivity contribution in [3.63, 3.8) is 0 Å². The zero-order valence-electron chi connectivity index (χ0n) is 17.4. The first-order valence-corrected chi connectivity index (χ1v) is 10.5. The van der Waals surface area contributed by atoms with Crippen molar-refractivity contribution < 1.29 is 18.0 Å². The third-order valence-corrected chi connectivity index (χ3v) is 5.64. The summed E-state index contributed by atoms with van der Waals surface area (Å²) < 4.78 is 40.3. The average molecular weight is 434 g/mol. The van der Waals surface area contributed by atoms with Crippen molar-refractivity contribution in [2.24, 2.45) is 0 Å². The molecule has 0 aliphatic carbocycles. The quantitative estimate of drug-likeness (QED) is 0.749. The summed E-state index contributed by atoms with van der Waals surface area (Å²) in [6, 6.07) is 3.16. The Kier molecular flexibility index (Phi) is 6.15. The van der Waals surface area contributed by atoms with Gasteiger partial charge < -0.3 is 20.0 Å². The van der Waals surface area contributed by atoms with Crippen LogP contribution in [0.1, 0.15) is 25.0 Å². The van der Waals surface area contributed by atoms with E-state index in [1.807, 2.05) is 13.0 Å². The molecule has 1 aromatic carbocycles. The number of rotatable bonds is 3. The van der Waals surface area contributed by atoms with Crippen LogP contribution in [0.15, 0.2) is 18.2 Å². The van der Waals surface area contributed by atoms with Gasteiger partial charge in [0.05, 0.1) is 5.69 Å². The fourth-order valence-corrected chi connectivity index (χ4v) is 3.89. The molecule has 2 fully saturated rings. The van der Waals surface area contributed by atoms with E-state index in [0.29, 0.717) is 26.2 Å². The van der Waals surface area contributed by atoms with Crippen LogP contribution in [-0.2, 0) is 0 Å². The number of piperidine rings is 1. The molecule has 2 aliphatic heterocycles. The molecule has 0 radical (unpaired) electrons. The summed E-state index contributed by atoms with van der Waals surface area (Å²) in [7, 11) is 0. The molecule has 2 aliphatic rings. The third kappa shape index (κ3) is 4.67. The maximum atomic E-state index is 13.8. The second kappa shape index (κ2) is 8.99. The van der Waals surface area contributed by atoms with Gasteiger partial charge >= 0.3 is 6.03 Å². The zero-order valence-corrected chi connectivity index (χ0v) is 17.4. The number of carbonyl (C=O) groups excluding carboxylic acids is 1. The summed E-state index contributed by atoms with van der Waals surface area (Å²) in [5.41, 5.74) is 0.503. The highest BCUT2D eigenvalue weighted by atomic mass is 19.2. The third-order valence-electron chi connectivity index (χ3n) is 5.64. The summed E-state index contributed by atoms with van der Waals surface area (Å²) in [5, 5.41) is 2.32. The fraction of sp³-hybridized carbons (Fsp3) is 0.476. The maximum absolute atomic E-state index is 13.8. The largest absolute Gasteiger partial charge is 0.353 e. The number of hydrogen-bond acceptors (Lipinski definition) is 5. The van der Waals surface area contributed by atoms with E-state index in [0.717, 1.165) is 55.5 Å². The highest BCUT2D eigenvalue weighted by molar-refractivity contribution is 5.89. The number of nitrogens with zero attached hydrogens (tertiary/aromatic N) is 5. The van der Waals surface area contributed by atoms with Crippen molar-refractivity contribution in [2.75, 3.05) is 54.4 Å².